The quantitative estimate of drug-likeness (QED) is 0.320. The van der Waals surface area contributed by atoms with Crippen molar-refractivity contribution in [3.63, 3.8) is 0 Å². The van der Waals surface area contributed by atoms with Crippen molar-refractivity contribution in [2.24, 2.45) is 0 Å². The topological polar surface area (TPSA) is 71.5 Å². The summed E-state index contributed by atoms with van der Waals surface area (Å²) in [5, 5.41) is 5.09. The summed E-state index contributed by atoms with van der Waals surface area (Å²) in [6, 6.07) is 26.1. The fraction of sp³-hybridized carbons (Fsp3) is 0.115. The number of fused-ring (bicyclic) bond motifs is 1. The Labute approximate surface area is 186 Å². The van der Waals surface area contributed by atoms with Crippen LogP contribution in [0.2, 0.25) is 0 Å². The average molecular weight is 425 g/mol. The van der Waals surface area contributed by atoms with Gasteiger partial charge in [0.1, 0.15) is 11.6 Å². The van der Waals surface area contributed by atoms with Crippen LogP contribution < -0.4 is 15.0 Å². The number of benzene rings is 3. The summed E-state index contributed by atoms with van der Waals surface area (Å²) in [7, 11) is 1.68. The Hall–Kier alpha value is -4.19. The molecule has 0 aliphatic rings. The molecule has 0 bridgehead atoms. The van der Waals surface area contributed by atoms with E-state index in [4.69, 9.17) is 4.74 Å². The molecule has 0 spiro atoms. The lowest BCUT2D eigenvalue weighted by Crippen LogP contribution is -2.31. The maximum absolute atomic E-state index is 12.8. The molecule has 160 valence electrons. The Morgan fingerprint density at radius 3 is 2.41 bits per heavy atom. The molecule has 6 heteroatoms. The highest BCUT2D eigenvalue weighted by molar-refractivity contribution is 6.02. The lowest BCUT2D eigenvalue weighted by molar-refractivity contribution is -0.134. The molecular formula is C26H23N3O3. The molecule has 1 heterocycles. The van der Waals surface area contributed by atoms with Crippen molar-refractivity contribution in [2.45, 2.75) is 13.3 Å². The summed E-state index contributed by atoms with van der Waals surface area (Å²) < 4.78 is 5.21. The van der Waals surface area contributed by atoms with Gasteiger partial charge >= 0.3 is 12.0 Å². The maximum atomic E-state index is 12.8. The van der Waals surface area contributed by atoms with E-state index >= 15 is 0 Å². The number of ether oxygens (including phenoxy) is 1. The predicted octanol–water partition coefficient (Wildman–Crippen LogP) is 5.89. The van der Waals surface area contributed by atoms with E-state index in [0.29, 0.717) is 29.4 Å². The molecule has 1 aromatic heterocycles. The Morgan fingerprint density at radius 1 is 0.906 bits per heavy atom. The molecule has 3 aromatic carbocycles. The Morgan fingerprint density at radius 2 is 1.66 bits per heavy atom. The lowest BCUT2D eigenvalue weighted by Gasteiger charge is -2.18. The molecule has 0 saturated heterocycles. The molecule has 0 unspecified atom stereocenters. The van der Waals surface area contributed by atoms with Crippen molar-refractivity contribution in [2.75, 3.05) is 17.3 Å². The number of rotatable bonds is 5. The molecule has 0 fully saturated rings. The normalized spacial score (nSPS) is 10.6. The van der Waals surface area contributed by atoms with Gasteiger partial charge in [0.05, 0.1) is 5.69 Å². The van der Waals surface area contributed by atoms with Crippen molar-refractivity contribution in [3.8, 4) is 17.0 Å². The van der Waals surface area contributed by atoms with E-state index < -0.39 is 0 Å². The van der Waals surface area contributed by atoms with Gasteiger partial charge in [-0.3, -0.25) is 9.69 Å². The molecule has 4 aromatic rings. The van der Waals surface area contributed by atoms with E-state index in [0.717, 1.165) is 16.3 Å². The summed E-state index contributed by atoms with van der Waals surface area (Å²) in [6.45, 7) is 1.75. The molecule has 2 amide bonds. The third-order valence-corrected chi connectivity index (χ3v) is 5.05. The van der Waals surface area contributed by atoms with E-state index in [2.05, 4.69) is 10.3 Å². The number of carbonyl (C=O) groups is 2. The van der Waals surface area contributed by atoms with E-state index in [-0.39, 0.29) is 12.0 Å². The van der Waals surface area contributed by atoms with Crippen LogP contribution in [-0.2, 0) is 4.79 Å². The van der Waals surface area contributed by atoms with Crippen LogP contribution in [0.4, 0.5) is 16.3 Å². The van der Waals surface area contributed by atoms with Gasteiger partial charge in [-0.1, -0.05) is 43.3 Å². The van der Waals surface area contributed by atoms with Crippen molar-refractivity contribution in [3.05, 3.63) is 84.9 Å². The van der Waals surface area contributed by atoms with Crippen LogP contribution in [0.5, 0.6) is 5.75 Å². The minimum atomic E-state index is -0.285. The zero-order chi connectivity index (χ0) is 22.5. The third kappa shape index (κ3) is 4.75. The average Bonchev–Trinajstić information content (AvgIpc) is 2.84. The number of nitrogens with zero attached hydrogens (tertiary/aromatic N) is 2. The summed E-state index contributed by atoms with van der Waals surface area (Å²) in [5.74, 6) is 0.725. The van der Waals surface area contributed by atoms with Gasteiger partial charge in [-0.25, -0.2) is 9.78 Å². The molecule has 32 heavy (non-hydrogen) atoms. The van der Waals surface area contributed by atoms with Crippen molar-refractivity contribution in [1.29, 1.82) is 0 Å². The van der Waals surface area contributed by atoms with Crippen LogP contribution in [0.25, 0.3) is 22.0 Å². The van der Waals surface area contributed by atoms with Crippen LogP contribution in [-0.4, -0.2) is 24.0 Å². The number of amides is 2. The highest BCUT2D eigenvalue weighted by Gasteiger charge is 2.14. The van der Waals surface area contributed by atoms with Gasteiger partial charge in [0.25, 0.3) is 0 Å². The van der Waals surface area contributed by atoms with Gasteiger partial charge in [0, 0.05) is 24.7 Å². The second kappa shape index (κ2) is 9.31. The monoisotopic (exact) mass is 425 g/mol. The number of nitrogens with one attached hydrogen (secondary N) is 1. The smallest absolute Gasteiger partial charge is 0.327 e. The van der Waals surface area contributed by atoms with Gasteiger partial charge in [0.15, 0.2) is 0 Å². The molecule has 0 aliphatic carbocycles. The summed E-state index contributed by atoms with van der Waals surface area (Å²) in [5.41, 5.74) is 2.28. The number of pyridine rings is 1. The van der Waals surface area contributed by atoms with Crippen LogP contribution in [0, 0.1) is 0 Å². The predicted molar refractivity (Wildman–Crippen MR) is 127 cm³/mol. The number of aromatic nitrogens is 1. The molecule has 0 atom stereocenters. The van der Waals surface area contributed by atoms with Gasteiger partial charge in [0.2, 0.25) is 0 Å². The lowest BCUT2D eigenvalue weighted by atomic mass is 10.1. The first-order valence-electron chi connectivity index (χ1n) is 10.3. The molecule has 0 saturated carbocycles. The highest BCUT2D eigenvalue weighted by Crippen LogP contribution is 2.24. The molecule has 6 nitrogen and oxygen atoms in total. The largest absolute Gasteiger partial charge is 0.427 e. The van der Waals surface area contributed by atoms with Crippen LogP contribution in [0.3, 0.4) is 0 Å². The number of urea groups is 1. The zero-order valence-electron chi connectivity index (χ0n) is 17.9. The first-order valence-corrected chi connectivity index (χ1v) is 10.3. The number of hydrogen-bond acceptors (Lipinski definition) is 4. The van der Waals surface area contributed by atoms with Crippen molar-refractivity contribution < 1.29 is 14.3 Å². The molecule has 1 N–H and O–H groups in total. The Balaban J connectivity index is 1.49. The standard InChI is InChI=1S/C26H23N3O3/c1-3-25(30)32-22-15-12-19(13-16-22)23-9-6-10-24(28-23)29(2)26(31)27-21-14-11-18-7-4-5-8-20(18)17-21/h4-17H,3H2,1-2H3,(H,27,31). The third-order valence-electron chi connectivity index (χ3n) is 5.05. The number of carbonyl (C=O) groups excluding carboxylic acids is 2. The van der Waals surface area contributed by atoms with Crippen LogP contribution in [0.15, 0.2) is 84.9 Å². The molecule has 0 aliphatic heterocycles. The van der Waals surface area contributed by atoms with Gasteiger partial charge < -0.3 is 10.1 Å². The minimum absolute atomic E-state index is 0.281. The van der Waals surface area contributed by atoms with Gasteiger partial charge in [-0.2, -0.15) is 0 Å². The summed E-state index contributed by atoms with van der Waals surface area (Å²) >= 11 is 0. The Kier molecular flexibility index (Phi) is 6.12. The van der Waals surface area contributed by atoms with E-state index in [1.807, 2.05) is 66.7 Å². The first-order chi connectivity index (χ1) is 15.5. The number of esters is 1. The van der Waals surface area contributed by atoms with E-state index in [1.54, 1.807) is 32.2 Å². The number of anilines is 2. The fourth-order valence-corrected chi connectivity index (χ4v) is 3.25. The van der Waals surface area contributed by atoms with Crippen LogP contribution >= 0.6 is 0 Å². The minimum Gasteiger partial charge on any atom is -0.427 e. The van der Waals surface area contributed by atoms with Gasteiger partial charge in [-0.15, -0.1) is 0 Å². The second-order valence-electron chi connectivity index (χ2n) is 7.28. The number of hydrogen-bond donors (Lipinski definition) is 1. The highest BCUT2D eigenvalue weighted by atomic mass is 16.5. The van der Waals surface area contributed by atoms with Crippen molar-refractivity contribution >= 4 is 34.3 Å². The van der Waals surface area contributed by atoms with E-state index in [1.165, 1.54) is 4.90 Å². The molecule has 0 radical (unpaired) electrons. The molecule has 4 rings (SSSR count). The fourth-order valence-electron chi connectivity index (χ4n) is 3.25. The van der Waals surface area contributed by atoms with E-state index in [9.17, 15) is 9.59 Å². The second-order valence-corrected chi connectivity index (χ2v) is 7.28. The maximum Gasteiger partial charge on any atom is 0.327 e. The summed E-state index contributed by atoms with van der Waals surface area (Å²) in [4.78, 5) is 30.3. The first kappa shape index (κ1) is 21.1. The Bertz CT molecular complexity index is 1270. The van der Waals surface area contributed by atoms with Gasteiger partial charge in [-0.05, 0) is 59.3 Å². The zero-order valence-corrected chi connectivity index (χ0v) is 17.9. The molecular weight excluding hydrogens is 402 g/mol. The van der Waals surface area contributed by atoms with Crippen LogP contribution in [0.1, 0.15) is 13.3 Å². The van der Waals surface area contributed by atoms with Crippen molar-refractivity contribution in [1.82, 2.24) is 4.98 Å². The SMILES string of the molecule is CCC(=O)Oc1ccc(-c2cccc(N(C)C(=O)Nc3ccc4ccccc4c3)n2)cc1. The summed E-state index contributed by atoms with van der Waals surface area (Å²) in [6.07, 6.45) is 0.318.